The van der Waals surface area contributed by atoms with Gasteiger partial charge in [0, 0.05) is 11.3 Å². The van der Waals surface area contributed by atoms with Crippen LogP contribution in [0.25, 0.3) is 0 Å². The zero-order chi connectivity index (χ0) is 11.2. The van der Waals surface area contributed by atoms with Crippen LogP contribution in [-0.4, -0.2) is 24.1 Å². The Labute approximate surface area is 91.1 Å². The zero-order valence-corrected chi connectivity index (χ0v) is 10.4. The Morgan fingerprint density at radius 1 is 1.43 bits per heavy atom. The third kappa shape index (κ3) is 8.17. The first-order valence-electron chi connectivity index (χ1n) is 4.73. The van der Waals surface area contributed by atoms with Crippen molar-refractivity contribution in [2.45, 2.75) is 27.7 Å². The summed E-state index contributed by atoms with van der Waals surface area (Å²) in [6.45, 7) is 12.2. The first-order chi connectivity index (χ1) is 6.33. The molecule has 0 heterocycles. The summed E-state index contributed by atoms with van der Waals surface area (Å²) in [5.41, 5.74) is 0.800. The van der Waals surface area contributed by atoms with Gasteiger partial charge >= 0.3 is 5.97 Å². The summed E-state index contributed by atoms with van der Waals surface area (Å²) in [6, 6.07) is 0. The molecule has 0 radical (unpaired) electrons. The Balaban J connectivity index is 3.39. The summed E-state index contributed by atoms with van der Waals surface area (Å²) in [6.07, 6.45) is 0. The lowest BCUT2D eigenvalue weighted by atomic mass is 10.0. The van der Waals surface area contributed by atoms with Crippen LogP contribution in [0.3, 0.4) is 0 Å². The average molecular weight is 216 g/mol. The van der Waals surface area contributed by atoms with Crippen LogP contribution in [0, 0.1) is 5.41 Å². The molecule has 0 aromatic carbocycles. The van der Waals surface area contributed by atoms with Crippen molar-refractivity contribution in [2.75, 3.05) is 18.1 Å². The third-order valence-corrected chi connectivity index (χ3v) is 2.87. The standard InChI is InChI=1S/C11H20O2S/c1-9(2)10(12)13-6-7-14-8-11(3,4)5/h1,6-8H2,2-5H3. The number of hydrogen-bond donors (Lipinski definition) is 0. The summed E-state index contributed by atoms with van der Waals surface area (Å²) in [5.74, 6) is 1.65. The molecule has 0 aliphatic rings. The second-order valence-electron chi connectivity index (χ2n) is 4.53. The smallest absolute Gasteiger partial charge is 0.333 e. The van der Waals surface area contributed by atoms with Gasteiger partial charge in [0.15, 0.2) is 0 Å². The fourth-order valence-electron chi connectivity index (χ4n) is 0.695. The van der Waals surface area contributed by atoms with Crippen molar-refractivity contribution in [2.24, 2.45) is 5.41 Å². The minimum Gasteiger partial charge on any atom is -0.461 e. The fourth-order valence-corrected chi connectivity index (χ4v) is 1.65. The minimum atomic E-state index is -0.290. The molecule has 3 heteroatoms. The van der Waals surface area contributed by atoms with E-state index in [1.807, 2.05) is 11.8 Å². The van der Waals surface area contributed by atoms with Gasteiger partial charge in [0.25, 0.3) is 0 Å². The lowest BCUT2D eigenvalue weighted by Crippen LogP contribution is -2.11. The lowest BCUT2D eigenvalue weighted by Gasteiger charge is -2.16. The van der Waals surface area contributed by atoms with Crippen molar-refractivity contribution in [1.82, 2.24) is 0 Å². The highest BCUT2D eigenvalue weighted by Gasteiger charge is 2.09. The number of carbonyl (C=O) groups excluding carboxylic acids is 1. The van der Waals surface area contributed by atoms with Crippen molar-refractivity contribution < 1.29 is 9.53 Å². The van der Waals surface area contributed by atoms with Crippen molar-refractivity contribution in [3.63, 3.8) is 0 Å². The number of thioether (sulfide) groups is 1. The fraction of sp³-hybridized carbons (Fsp3) is 0.727. The van der Waals surface area contributed by atoms with Gasteiger partial charge in [0.1, 0.15) is 6.61 Å². The van der Waals surface area contributed by atoms with Crippen LogP contribution in [0.5, 0.6) is 0 Å². The highest BCUT2D eigenvalue weighted by Crippen LogP contribution is 2.19. The quantitative estimate of drug-likeness (QED) is 0.401. The first kappa shape index (κ1) is 13.6. The summed E-state index contributed by atoms with van der Waals surface area (Å²) in [7, 11) is 0. The van der Waals surface area contributed by atoms with Crippen LogP contribution in [0.15, 0.2) is 12.2 Å². The Morgan fingerprint density at radius 3 is 2.43 bits per heavy atom. The van der Waals surface area contributed by atoms with Crippen molar-refractivity contribution >= 4 is 17.7 Å². The highest BCUT2D eigenvalue weighted by molar-refractivity contribution is 7.99. The Bertz CT molecular complexity index is 204. The molecule has 0 bridgehead atoms. The van der Waals surface area contributed by atoms with Gasteiger partial charge in [-0.3, -0.25) is 0 Å². The Kier molecular flexibility index (Phi) is 5.93. The maximum absolute atomic E-state index is 11.0. The SMILES string of the molecule is C=C(C)C(=O)OCCSCC(C)(C)C. The largest absolute Gasteiger partial charge is 0.461 e. The van der Waals surface area contributed by atoms with Crippen molar-refractivity contribution in [1.29, 1.82) is 0 Å². The molecule has 0 aliphatic heterocycles. The molecule has 14 heavy (non-hydrogen) atoms. The molecule has 0 amide bonds. The predicted molar refractivity (Wildman–Crippen MR) is 62.6 cm³/mol. The first-order valence-corrected chi connectivity index (χ1v) is 5.89. The molecule has 0 saturated carbocycles. The van der Waals surface area contributed by atoms with Gasteiger partial charge in [0.05, 0.1) is 0 Å². The van der Waals surface area contributed by atoms with Gasteiger partial charge in [-0.2, -0.15) is 11.8 Å². The lowest BCUT2D eigenvalue weighted by molar-refractivity contribution is -0.138. The van der Waals surface area contributed by atoms with E-state index in [0.717, 1.165) is 11.5 Å². The van der Waals surface area contributed by atoms with E-state index in [2.05, 4.69) is 27.4 Å². The van der Waals surface area contributed by atoms with E-state index in [1.54, 1.807) is 6.92 Å². The van der Waals surface area contributed by atoms with E-state index in [1.165, 1.54) is 0 Å². The summed E-state index contributed by atoms with van der Waals surface area (Å²) >= 11 is 1.81. The molecule has 0 saturated heterocycles. The number of ether oxygens (including phenoxy) is 1. The van der Waals surface area contributed by atoms with Crippen molar-refractivity contribution in [3.8, 4) is 0 Å². The van der Waals surface area contributed by atoms with E-state index < -0.39 is 0 Å². The molecule has 0 aliphatic carbocycles. The molecule has 2 nitrogen and oxygen atoms in total. The third-order valence-electron chi connectivity index (χ3n) is 1.34. The molecule has 0 atom stereocenters. The maximum Gasteiger partial charge on any atom is 0.333 e. The second kappa shape index (κ2) is 6.12. The monoisotopic (exact) mass is 216 g/mol. The molecule has 0 aromatic heterocycles. The van der Waals surface area contributed by atoms with E-state index in [9.17, 15) is 4.79 Å². The van der Waals surface area contributed by atoms with Crippen LogP contribution < -0.4 is 0 Å². The number of rotatable bonds is 5. The number of esters is 1. The minimum absolute atomic E-state index is 0.290. The topological polar surface area (TPSA) is 26.3 Å². The molecule has 0 aromatic rings. The summed E-state index contributed by atoms with van der Waals surface area (Å²) in [4.78, 5) is 11.0. The zero-order valence-electron chi connectivity index (χ0n) is 9.55. The van der Waals surface area contributed by atoms with Gasteiger partial charge in [-0.1, -0.05) is 27.4 Å². The molecule has 0 rings (SSSR count). The predicted octanol–water partition coefficient (Wildman–Crippen LogP) is 2.89. The van der Waals surface area contributed by atoms with E-state index in [4.69, 9.17) is 4.74 Å². The van der Waals surface area contributed by atoms with E-state index >= 15 is 0 Å². The second-order valence-corrected chi connectivity index (χ2v) is 5.63. The number of hydrogen-bond acceptors (Lipinski definition) is 3. The van der Waals surface area contributed by atoms with E-state index in [-0.39, 0.29) is 5.97 Å². The van der Waals surface area contributed by atoms with Crippen LogP contribution in [0.2, 0.25) is 0 Å². The average Bonchev–Trinajstić information content (AvgIpc) is 2.01. The van der Waals surface area contributed by atoms with Crippen molar-refractivity contribution in [3.05, 3.63) is 12.2 Å². The summed E-state index contributed by atoms with van der Waals surface area (Å²) < 4.78 is 4.96. The maximum atomic E-state index is 11.0. The highest BCUT2D eigenvalue weighted by atomic mass is 32.2. The molecule has 0 N–H and O–H groups in total. The van der Waals surface area contributed by atoms with Gasteiger partial charge in [-0.05, 0) is 18.1 Å². The molecule has 0 unspecified atom stereocenters. The summed E-state index contributed by atoms with van der Waals surface area (Å²) in [5, 5.41) is 0. The normalized spacial score (nSPS) is 11.1. The molecular weight excluding hydrogens is 196 g/mol. The van der Waals surface area contributed by atoms with Gasteiger partial charge in [-0.25, -0.2) is 4.79 Å². The Hall–Kier alpha value is -0.440. The van der Waals surface area contributed by atoms with E-state index in [0.29, 0.717) is 17.6 Å². The van der Waals surface area contributed by atoms with Gasteiger partial charge in [0.2, 0.25) is 0 Å². The Morgan fingerprint density at radius 2 is 2.00 bits per heavy atom. The van der Waals surface area contributed by atoms with Crippen LogP contribution in [-0.2, 0) is 9.53 Å². The molecule has 0 spiro atoms. The molecule has 0 fully saturated rings. The van der Waals surface area contributed by atoms with Gasteiger partial charge < -0.3 is 4.74 Å². The molecule has 82 valence electrons. The number of carbonyl (C=O) groups is 1. The van der Waals surface area contributed by atoms with Gasteiger partial charge in [-0.15, -0.1) is 0 Å². The van der Waals surface area contributed by atoms with Crippen LogP contribution in [0.1, 0.15) is 27.7 Å². The van der Waals surface area contributed by atoms with Crippen LogP contribution >= 0.6 is 11.8 Å². The van der Waals surface area contributed by atoms with Crippen LogP contribution in [0.4, 0.5) is 0 Å². The molecular formula is C11H20O2S.